The van der Waals surface area contributed by atoms with Gasteiger partial charge >= 0.3 is 0 Å². The summed E-state index contributed by atoms with van der Waals surface area (Å²) in [5, 5.41) is 5.06. The zero-order chi connectivity index (χ0) is 13.8. The zero-order valence-electron chi connectivity index (χ0n) is 10.6. The quantitative estimate of drug-likeness (QED) is 0.730. The Morgan fingerprint density at radius 1 is 1.39 bits per heavy atom. The molecule has 0 amide bonds. The van der Waals surface area contributed by atoms with Gasteiger partial charge in [0.1, 0.15) is 4.90 Å². The van der Waals surface area contributed by atoms with Crippen LogP contribution in [-0.4, -0.2) is 35.2 Å². The molecule has 0 aliphatic heterocycles. The largest absolute Gasteiger partial charge is 0.398 e. The van der Waals surface area contributed by atoms with Crippen molar-refractivity contribution in [1.29, 1.82) is 0 Å². The molecule has 0 unspecified atom stereocenters. The van der Waals surface area contributed by atoms with E-state index in [9.17, 15) is 8.42 Å². The molecule has 102 valence electrons. The van der Waals surface area contributed by atoms with Gasteiger partial charge in [0.15, 0.2) is 0 Å². The summed E-state index contributed by atoms with van der Waals surface area (Å²) in [6.45, 7) is 4.07. The van der Waals surface area contributed by atoms with E-state index >= 15 is 0 Å². The van der Waals surface area contributed by atoms with Crippen molar-refractivity contribution >= 4 is 21.4 Å². The van der Waals surface area contributed by atoms with Crippen LogP contribution in [0.1, 0.15) is 6.92 Å². The summed E-state index contributed by atoms with van der Waals surface area (Å²) in [6, 6.07) is 4.73. The van der Waals surface area contributed by atoms with Gasteiger partial charge in [-0.1, -0.05) is 0 Å². The van der Waals surface area contributed by atoms with Gasteiger partial charge in [-0.2, -0.15) is 0 Å². The molecule has 1 aromatic carbocycles. The van der Waals surface area contributed by atoms with Crippen molar-refractivity contribution in [3.63, 3.8) is 0 Å². The minimum atomic E-state index is -3.77. The Balaban J connectivity index is 3.02. The molecule has 1 rings (SSSR count). The van der Waals surface area contributed by atoms with Crippen LogP contribution in [0.15, 0.2) is 23.1 Å². The van der Waals surface area contributed by atoms with Crippen LogP contribution in [-0.2, 0) is 14.8 Å². The summed E-state index contributed by atoms with van der Waals surface area (Å²) in [6.07, 6.45) is 0. The average Bonchev–Trinajstić information content (AvgIpc) is 2.28. The Hall–Kier alpha value is -1.31. The second-order valence-electron chi connectivity index (χ2n) is 3.84. The summed E-state index contributed by atoms with van der Waals surface area (Å²) >= 11 is 0. The molecule has 0 aliphatic carbocycles. The maximum atomic E-state index is 11.2. The van der Waals surface area contributed by atoms with E-state index in [1.165, 1.54) is 6.07 Å². The van der Waals surface area contributed by atoms with Crippen LogP contribution in [0.5, 0.6) is 0 Å². The van der Waals surface area contributed by atoms with Crippen molar-refractivity contribution in [1.82, 2.24) is 0 Å². The van der Waals surface area contributed by atoms with Crippen molar-refractivity contribution in [2.75, 3.05) is 37.4 Å². The maximum absolute atomic E-state index is 11.2. The van der Waals surface area contributed by atoms with E-state index in [1.54, 1.807) is 19.2 Å². The Morgan fingerprint density at radius 2 is 2.06 bits per heavy atom. The van der Waals surface area contributed by atoms with E-state index in [0.717, 1.165) is 12.2 Å². The number of nitrogens with two attached hydrogens (primary N) is 2. The highest BCUT2D eigenvalue weighted by molar-refractivity contribution is 7.89. The Labute approximate surface area is 108 Å². The molecule has 0 heterocycles. The van der Waals surface area contributed by atoms with Gasteiger partial charge in [0.05, 0.1) is 12.3 Å². The zero-order valence-corrected chi connectivity index (χ0v) is 11.4. The van der Waals surface area contributed by atoms with Crippen molar-refractivity contribution in [3.8, 4) is 0 Å². The summed E-state index contributed by atoms with van der Waals surface area (Å²) in [4.78, 5) is 1.99. The van der Waals surface area contributed by atoms with Crippen molar-refractivity contribution in [2.45, 2.75) is 11.8 Å². The van der Waals surface area contributed by atoms with E-state index in [0.29, 0.717) is 13.2 Å². The first-order valence-corrected chi connectivity index (χ1v) is 7.11. The molecule has 0 bridgehead atoms. The number of anilines is 2. The molecule has 6 nitrogen and oxygen atoms in total. The minimum absolute atomic E-state index is 0.0472. The molecule has 0 radical (unpaired) electrons. The lowest BCUT2D eigenvalue weighted by atomic mass is 10.2. The maximum Gasteiger partial charge on any atom is 0.240 e. The molecular weight excluding hydrogens is 254 g/mol. The second kappa shape index (κ2) is 6.03. The number of hydrogen-bond acceptors (Lipinski definition) is 5. The molecule has 0 saturated heterocycles. The van der Waals surface area contributed by atoms with Crippen LogP contribution in [0, 0.1) is 0 Å². The SMILES string of the molecule is CCN(CCOC)c1ccc(S(N)(=O)=O)c(N)c1. The summed E-state index contributed by atoms with van der Waals surface area (Å²) < 4.78 is 27.5. The van der Waals surface area contributed by atoms with Gasteiger partial charge in [0.25, 0.3) is 0 Å². The van der Waals surface area contributed by atoms with Gasteiger partial charge < -0.3 is 15.4 Å². The fourth-order valence-corrected chi connectivity index (χ4v) is 2.31. The Bertz CT molecular complexity index is 502. The van der Waals surface area contributed by atoms with Crippen molar-refractivity contribution in [3.05, 3.63) is 18.2 Å². The van der Waals surface area contributed by atoms with Gasteiger partial charge in [-0.05, 0) is 25.1 Å². The first-order valence-electron chi connectivity index (χ1n) is 5.56. The topological polar surface area (TPSA) is 98.6 Å². The van der Waals surface area contributed by atoms with Crippen molar-refractivity contribution < 1.29 is 13.2 Å². The number of ether oxygens (including phenoxy) is 1. The first-order chi connectivity index (χ1) is 8.40. The normalized spacial score (nSPS) is 11.5. The summed E-state index contributed by atoms with van der Waals surface area (Å²) in [5.41, 5.74) is 6.72. The summed E-state index contributed by atoms with van der Waals surface area (Å²) in [5.74, 6) is 0. The molecular formula is C11H19N3O3S. The number of methoxy groups -OCH3 is 1. The van der Waals surface area contributed by atoms with Gasteiger partial charge in [-0.3, -0.25) is 0 Å². The Morgan fingerprint density at radius 3 is 2.50 bits per heavy atom. The highest BCUT2D eigenvalue weighted by Gasteiger charge is 2.14. The Kier molecular flexibility index (Phi) is 4.94. The van der Waals surface area contributed by atoms with E-state index in [2.05, 4.69) is 0 Å². The van der Waals surface area contributed by atoms with Gasteiger partial charge in [0, 0.05) is 25.9 Å². The third-order valence-corrected chi connectivity index (χ3v) is 3.60. The van der Waals surface area contributed by atoms with Crippen LogP contribution < -0.4 is 15.8 Å². The number of nitrogen functional groups attached to an aromatic ring is 1. The van der Waals surface area contributed by atoms with Crippen LogP contribution in [0.2, 0.25) is 0 Å². The molecule has 7 heteroatoms. The monoisotopic (exact) mass is 273 g/mol. The fourth-order valence-electron chi connectivity index (χ4n) is 1.66. The molecule has 0 spiro atoms. The van der Waals surface area contributed by atoms with Crippen LogP contribution in [0.25, 0.3) is 0 Å². The third kappa shape index (κ3) is 3.59. The molecule has 0 aliphatic rings. The molecule has 0 aromatic heterocycles. The molecule has 0 atom stereocenters. The third-order valence-electron chi connectivity index (χ3n) is 2.61. The van der Waals surface area contributed by atoms with Gasteiger partial charge in [-0.15, -0.1) is 0 Å². The van der Waals surface area contributed by atoms with Crippen molar-refractivity contribution in [2.24, 2.45) is 5.14 Å². The number of hydrogen-bond donors (Lipinski definition) is 2. The molecule has 0 saturated carbocycles. The average molecular weight is 273 g/mol. The first kappa shape index (κ1) is 14.7. The second-order valence-corrected chi connectivity index (χ2v) is 5.37. The number of likely N-dealkylation sites (N-methyl/N-ethyl adjacent to an activating group) is 1. The number of sulfonamides is 1. The smallest absolute Gasteiger partial charge is 0.240 e. The van der Waals surface area contributed by atoms with E-state index in [1.807, 2.05) is 11.8 Å². The van der Waals surface area contributed by atoms with E-state index in [4.69, 9.17) is 15.6 Å². The molecule has 18 heavy (non-hydrogen) atoms. The van der Waals surface area contributed by atoms with Crippen LogP contribution in [0.3, 0.4) is 0 Å². The summed E-state index contributed by atoms with van der Waals surface area (Å²) in [7, 11) is -2.14. The molecule has 1 aromatic rings. The fraction of sp³-hybridized carbons (Fsp3) is 0.455. The highest BCUT2D eigenvalue weighted by atomic mass is 32.2. The lowest BCUT2D eigenvalue weighted by molar-refractivity contribution is 0.205. The lowest BCUT2D eigenvalue weighted by Gasteiger charge is -2.23. The van der Waals surface area contributed by atoms with E-state index in [-0.39, 0.29) is 10.6 Å². The highest BCUT2D eigenvalue weighted by Crippen LogP contribution is 2.23. The number of primary sulfonamides is 1. The predicted molar refractivity (Wildman–Crippen MR) is 72.0 cm³/mol. The number of benzene rings is 1. The standard InChI is InChI=1S/C11H19N3O3S/c1-3-14(6-7-17-2)9-4-5-11(10(12)8-9)18(13,15)16/h4-5,8H,3,6-7,12H2,1-2H3,(H2,13,15,16). The van der Waals surface area contributed by atoms with Gasteiger partial charge in [-0.25, -0.2) is 13.6 Å². The molecule has 0 fully saturated rings. The number of nitrogens with zero attached hydrogens (tertiary/aromatic N) is 1. The predicted octanol–water partition coefficient (Wildman–Crippen LogP) is 0.389. The number of rotatable bonds is 6. The minimum Gasteiger partial charge on any atom is -0.398 e. The van der Waals surface area contributed by atoms with Crippen LogP contribution in [0.4, 0.5) is 11.4 Å². The van der Waals surface area contributed by atoms with Crippen LogP contribution >= 0.6 is 0 Å². The van der Waals surface area contributed by atoms with E-state index < -0.39 is 10.0 Å². The lowest BCUT2D eigenvalue weighted by Crippen LogP contribution is -2.27. The molecule has 4 N–H and O–H groups in total. The van der Waals surface area contributed by atoms with Gasteiger partial charge in [0.2, 0.25) is 10.0 Å².